The maximum Gasteiger partial charge on any atom is 0.225 e. The molecule has 5 heteroatoms. The molecule has 0 N–H and O–H groups in total. The molecule has 0 atom stereocenters. The van der Waals surface area contributed by atoms with Crippen molar-refractivity contribution in [3.05, 3.63) is 83.0 Å². The van der Waals surface area contributed by atoms with Crippen LogP contribution in [-0.2, 0) is 17.8 Å². The predicted octanol–water partition coefficient (Wildman–Crippen LogP) is 5.60. The van der Waals surface area contributed by atoms with Crippen LogP contribution >= 0.6 is 11.3 Å². The standard InChI is InChI=1S/C25H27N3OS/c1-18(2)24(29)27(15-20-7-5-4-6-8-20)14-13-22-17-30-25-26-23(16-28(22)25)21-11-9-19(3)10-12-21/h4-12,16-18H,13-15H2,1-3H3. The summed E-state index contributed by atoms with van der Waals surface area (Å²) < 4.78 is 2.17. The van der Waals surface area contributed by atoms with E-state index >= 15 is 0 Å². The number of aromatic nitrogens is 2. The van der Waals surface area contributed by atoms with E-state index in [-0.39, 0.29) is 11.8 Å². The van der Waals surface area contributed by atoms with Crippen molar-refractivity contribution in [2.45, 2.75) is 33.7 Å². The van der Waals surface area contributed by atoms with E-state index in [1.54, 1.807) is 11.3 Å². The number of nitrogens with zero attached hydrogens (tertiary/aromatic N) is 3. The minimum atomic E-state index is -0.0161. The Morgan fingerprint density at radius 1 is 1.10 bits per heavy atom. The van der Waals surface area contributed by atoms with E-state index in [1.165, 1.54) is 11.3 Å². The summed E-state index contributed by atoms with van der Waals surface area (Å²) in [6, 6.07) is 18.7. The van der Waals surface area contributed by atoms with E-state index in [1.807, 2.05) is 36.9 Å². The van der Waals surface area contributed by atoms with Crippen molar-refractivity contribution >= 4 is 22.2 Å². The number of thiazole rings is 1. The van der Waals surface area contributed by atoms with Crippen molar-refractivity contribution in [2.75, 3.05) is 6.54 Å². The Bertz CT molecular complexity index is 1130. The second-order valence-electron chi connectivity index (χ2n) is 8.02. The Morgan fingerprint density at radius 2 is 1.83 bits per heavy atom. The van der Waals surface area contributed by atoms with Gasteiger partial charge < -0.3 is 4.90 Å². The van der Waals surface area contributed by atoms with Crippen molar-refractivity contribution in [1.29, 1.82) is 0 Å². The number of aryl methyl sites for hydroxylation is 1. The molecule has 2 aromatic carbocycles. The molecule has 30 heavy (non-hydrogen) atoms. The van der Waals surface area contributed by atoms with Gasteiger partial charge >= 0.3 is 0 Å². The molecular weight excluding hydrogens is 390 g/mol. The van der Waals surface area contributed by atoms with Crippen LogP contribution in [0.3, 0.4) is 0 Å². The number of hydrogen-bond acceptors (Lipinski definition) is 3. The molecule has 0 spiro atoms. The Hall–Kier alpha value is -2.92. The van der Waals surface area contributed by atoms with Crippen LogP contribution in [-0.4, -0.2) is 26.7 Å². The summed E-state index contributed by atoms with van der Waals surface area (Å²) in [4.78, 5) is 20.6. The Balaban J connectivity index is 1.53. The number of rotatable bonds is 7. The van der Waals surface area contributed by atoms with Crippen LogP contribution in [0, 0.1) is 12.8 Å². The number of carbonyl (C=O) groups is 1. The Kier molecular flexibility index (Phi) is 6.00. The lowest BCUT2D eigenvalue weighted by molar-refractivity contribution is -0.135. The number of fused-ring (bicyclic) bond motifs is 1. The van der Waals surface area contributed by atoms with Gasteiger partial charge in [0.05, 0.1) is 5.69 Å². The van der Waals surface area contributed by atoms with E-state index in [0.717, 1.165) is 28.2 Å². The van der Waals surface area contributed by atoms with Crippen LogP contribution in [0.1, 0.15) is 30.7 Å². The molecule has 4 nitrogen and oxygen atoms in total. The highest BCUT2D eigenvalue weighted by atomic mass is 32.1. The number of carbonyl (C=O) groups excluding carboxylic acids is 1. The highest BCUT2D eigenvalue weighted by Crippen LogP contribution is 2.24. The first-order valence-corrected chi connectivity index (χ1v) is 11.2. The van der Waals surface area contributed by atoms with Crippen molar-refractivity contribution in [3.8, 4) is 11.3 Å². The monoisotopic (exact) mass is 417 g/mol. The van der Waals surface area contributed by atoms with Crippen LogP contribution in [0.25, 0.3) is 16.2 Å². The first-order chi connectivity index (χ1) is 14.5. The fraction of sp³-hybridized carbons (Fsp3) is 0.280. The summed E-state index contributed by atoms with van der Waals surface area (Å²) in [6.07, 6.45) is 2.91. The molecule has 0 bridgehead atoms. The second-order valence-corrected chi connectivity index (χ2v) is 8.86. The summed E-state index contributed by atoms with van der Waals surface area (Å²) in [5, 5.41) is 2.15. The zero-order chi connectivity index (χ0) is 21.1. The molecule has 4 rings (SSSR count). The third-order valence-corrected chi connectivity index (χ3v) is 6.18. The average molecular weight is 418 g/mol. The minimum Gasteiger partial charge on any atom is -0.338 e. The molecule has 2 heterocycles. The summed E-state index contributed by atoms with van der Waals surface area (Å²) in [5.74, 6) is 0.175. The topological polar surface area (TPSA) is 37.6 Å². The van der Waals surface area contributed by atoms with Crippen LogP contribution < -0.4 is 0 Å². The molecule has 0 radical (unpaired) electrons. The van der Waals surface area contributed by atoms with Gasteiger partial charge in [-0.15, -0.1) is 11.3 Å². The molecule has 154 valence electrons. The Morgan fingerprint density at radius 3 is 2.53 bits per heavy atom. The first kappa shape index (κ1) is 20.4. The summed E-state index contributed by atoms with van der Waals surface area (Å²) in [7, 11) is 0. The van der Waals surface area contributed by atoms with Crippen LogP contribution in [0.15, 0.2) is 66.2 Å². The van der Waals surface area contributed by atoms with Gasteiger partial charge in [-0.05, 0) is 12.5 Å². The fourth-order valence-corrected chi connectivity index (χ4v) is 4.47. The smallest absolute Gasteiger partial charge is 0.225 e. The third-order valence-electron chi connectivity index (χ3n) is 5.29. The molecule has 0 aliphatic heterocycles. The second kappa shape index (κ2) is 8.84. The van der Waals surface area contributed by atoms with E-state index in [4.69, 9.17) is 4.98 Å². The lowest BCUT2D eigenvalue weighted by Gasteiger charge is -2.24. The average Bonchev–Trinajstić information content (AvgIpc) is 3.33. The molecule has 4 aromatic rings. The van der Waals surface area contributed by atoms with Gasteiger partial charge in [-0.1, -0.05) is 74.0 Å². The third kappa shape index (κ3) is 4.46. The van der Waals surface area contributed by atoms with Gasteiger partial charge in [0, 0.05) is 48.3 Å². The lowest BCUT2D eigenvalue weighted by atomic mass is 10.1. The molecule has 0 saturated carbocycles. The van der Waals surface area contributed by atoms with Crippen LogP contribution in [0.2, 0.25) is 0 Å². The number of imidazole rings is 1. The van der Waals surface area contributed by atoms with Gasteiger partial charge in [0.1, 0.15) is 0 Å². The molecular formula is C25H27N3OS. The molecule has 2 aromatic heterocycles. The highest BCUT2D eigenvalue weighted by molar-refractivity contribution is 7.15. The van der Waals surface area contributed by atoms with E-state index in [2.05, 4.69) is 59.3 Å². The van der Waals surface area contributed by atoms with Gasteiger partial charge in [0.25, 0.3) is 0 Å². The zero-order valence-corrected chi connectivity index (χ0v) is 18.5. The fourth-order valence-electron chi connectivity index (χ4n) is 3.56. The molecule has 0 fully saturated rings. The maximum absolute atomic E-state index is 12.8. The summed E-state index contributed by atoms with van der Waals surface area (Å²) >= 11 is 1.65. The van der Waals surface area contributed by atoms with Gasteiger partial charge in [-0.2, -0.15) is 0 Å². The van der Waals surface area contributed by atoms with Gasteiger partial charge in [0.15, 0.2) is 4.96 Å². The SMILES string of the molecule is Cc1ccc(-c2cn3c(CCN(Cc4ccccc4)C(=O)C(C)C)csc3n2)cc1. The molecule has 0 saturated heterocycles. The maximum atomic E-state index is 12.8. The Labute approximate surface area is 181 Å². The van der Waals surface area contributed by atoms with E-state index in [0.29, 0.717) is 13.1 Å². The van der Waals surface area contributed by atoms with Gasteiger partial charge in [0.2, 0.25) is 5.91 Å². The van der Waals surface area contributed by atoms with Gasteiger partial charge in [-0.25, -0.2) is 4.98 Å². The minimum absolute atomic E-state index is 0.0161. The summed E-state index contributed by atoms with van der Waals surface area (Å²) in [6.45, 7) is 7.35. The zero-order valence-electron chi connectivity index (χ0n) is 17.7. The number of hydrogen-bond donors (Lipinski definition) is 0. The van der Waals surface area contributed by atoms with Crippen molar-refractivity contribution in [3.63, 3.8) is 0 Å². The van der Waals surface area contributed by atoms with E-state index in [9.17, 15) is 4.79 Å². The molecule has 0 aliphatic rings. The quantitative estimate of drug-likeness (QED) is 0.393. The largest absolute Gasteiger partial charge is 0.338 e. The summed E-state index contributed by atoms with van der Waals surface area (Å²) in [5.41, 5.74) is 5.71. The van der Waals surface area contributed by atoms with Crippen LogP contribution in [0.5, 0.6) is 0 Å². The van der Waals surface area contributed by atoms with Crippen molar-refractivity contribution < 1.29 is 4.79 Å². The predicted molar refractivity (Wildman–Crippen MR) is 124 cm³/mol. The molecule has 0 unspecified atom stereocenters. The number of amides is 1. The van der Waals surface area contributed by atoms with E-state index < -0.39 is 0 Å². The van der Waals surface area contributed by atoms with Crippen molar-refractivity contribution in [2.24, 2.45) is 5.92 Å². The lowest BCUT2D eigenvalue weighted by Crippen LogP contribution is -2.35. The van der Waals surface area contributed by atoms with Crippen LogP contribution in [0.4, 0.5) is 0 Å². The normalized spacial score (nSPS) is 11.3. The first-order valence-electron chi connectivity index (χ1n) is 10.4. The van der Waals surface area contributed by atoms with Gasteiger partial charge in [-0.3, -0.25) is 9.20 Å². The molecule has 1 amide bonds. The van der Waals surface area contributed by atoms with Crippen molar-refractivity contribution in [1.82, 2.24) is 14.3 Å². The molecule has 0 aliphatic carbocycles. The number of benzene rings is 2. The highest BCUT2D eigenvalue weighted by Gasteiger charge is 2.18.